The van der Waals surface area contributed by atoms with Gasteiger partial charge in [0.15, 0.2) is 6.73 Å². The predicted molar refractivity (Wildman–Crippen MR) is 114 cm³/mol. The van der Waals surface area contributed by atoms with Crippen LogP contribution in [-0.2, 0) is 22.3 Å². The van der Waals surface area contributed by atoms with Crippen LogP contribution >= 0.6 is 0 Å². The average molecular weight is 486 g/mol. The normalized spacial score (nSPS) is 27.5. The van der Waals surface area contributed by atoms with Gasteiger partial charge in [0.25, 0.3) is 11.8 Å². The van der Waals surface area contributed by atoms with Gasteiger partial charge in [-0.2, -0.15) is 13.2 Å². The molecule has 35 heavy (non-hydrogen) atoms. The first-order valence-electron chi connectivity index (χ1n) is 11.4. The van der Waals surface area contributed by atoms with Crippen LogP contribution in [0.1, 0.15) is 51.1 Å². The summed E-state index contributed by atoms with van der Waals surface area (Å²) in [6.45, 7) is 0.238. The molecular formula is C25H21F3N2O5. The number of carbonyl (C=O) groups excluding carboxylic acids is 3. The largest absolute Gasteiger partial charge is 0.473 e. The molecule has 3 aliphatic heterocycles. The maximum Gasteiger partial charge on any atom is 0.416 e. The maximum atomic E-state index is 13.8. The third-order valence-corrected chi connectivity index (χ3v) is 7.60. The van der Waals surface area contributed by atoms with Gasteiger partial charge in [0.2, 0.25) is 5.91 Å². The predicted octanol–water partition coefficient (Wildman–Crippen LogP) is 3.62. The third kappa shape index (κ3) is 3.26. The van der Waals surface area contributed by atoms with E-state index in [0.29, 0.717) is 36.3 Å². The zero-order valence-electron chi connectivity index (χ0n) is 18.5. The van der Waals surface area contributed by atoms with E-state index < -0.39 is 29.3 Å². The Hall–Kier alpha value is -3.40. The van der Waals surface area contributed by atoms with E-state index in [0.717, 1.165) is 12.1 Å². The fourth-order valence-corrected chi connectivity index (χ4v) is 5.91. The minimum atomic E-state index is -4.50. The lowest BCUT2D eigenvalue weighted by molar-refractivity contribution is -0.149. The van der Waals surface area contributed by atoms with Gasteiger partial charge in [-0.15, -0.1) is 0 Å². The van der Waals surface area contributed by atoms with Crippen molar-refractivity contribution in [2.45, 2.75) is 44.1 Å². The number of hydrogen-bond acceptors (Lipinski definition) is 5. The van der Waals surface area contributed by atoms with Crippen LogP contribution in [0.3, 0.4) is 0 Å². The molecule has 0 spiro atoms. The Kier molecular flexibility index (Phi) is 4.76. The lowest BCUT2D eigenvalue weighted by Gasteiger charge is -2.36. The first-order valence-corrected chi connectivity index (χ1v) is 11.4. The molecular weight excluding hydrogens is 465 g/mol. The van der Waals surface area contributed by atoms with Gasteiger partial charge in [-0.25, -0.2) is 0 Å². The lowest BCUT2D eigenvalue weighted by atomic mass is 9.80. The van der Waals surface area contributed by atoms with Crippen molar-refractivity contribution in [2.24, 2.45) is 5.41 Å². The molecule has 3 atom stereocenters. The number of rotatable bonds is 2. The Morgan fingerprint density at radius 3 is 2.46 bits per heavy atom. The van der Waals surface area contributed by atoms with Crippen LogP contribution in [-0.4, -0.2) is 53.0 Å². The van der Waals surface area contributed by atoms with Crippen LogP contribution in [0.15, 0.2) is 42.5 Å². The second-order valence-corrected chi connectivity index (χ2v) is 9.48. The van der Waals surface area contributed by atoms with Crippen molar-refractivity contribution in [3.05, 3.63) is 64.7 Å². The number of fused-ring (bicyclic) bond motifs is 3. The van der Waals surface area contributed by atoms with E-state index in [1.54, 1.807) is 24.3 Å². The molecule has 7 nitrogen and oxygen atoms in total. The minimum Gasteiger partial charge on any atom is -0.473 e. The highest BCUT2D eigenvalue weighted by molar-refractivity contribution is 6.21. The Morgan fingerprint density at radius 2 is 1.77 bits per heavy atom. The summed E-state index contributed by atoms with van der Waals surface area (Å²) in [7, 11) is 0. The van der Waals surface area contributed by atoms with Crippen molar-refractivity contribution in [2.75, 3.05) is 13.3 Å². The van der Waals surface area contributed by atoms with Crippen LogP contribution in [0.5, 0.6) is 5.75 Å². The van der Waals surface area contributed by atoms with Crippen molar-refractivity contribution >= 4 is 17.7 Å². The molecule has 182 valence electrons. The van der Waals surface area contributed by atoms with Gasteiger partial charge in [-0.1, -0.05) is 12.1 Å². The molecule has 6 rings (SSSR count). The molecule has 3 heterocycles. The van der Waals surface area contributed by atoms with Crippen molar-refractivity contribution < 1.29 is 37.0 Å². The second kappa shape index (κ2) is 7.55. The van der Waals surface area contributed by atoms with Crippen LogP contribution < -0.4 is 4.74 Å². The fourth-order valence-electron chi connectivity index (χ4n) is 5.91. The Morgan fingerprint density at radius 1 is 1.06 bits per heavy atom. The topological polar surface area (TPSA) is 76.2 Å². The van der Waals surface area contributed by atoms with Crippen molar-refractivity contribution in [1.82, 2.24) is 9.80 Å². The monoisotopic (exact) mass is 486 g/mol. The highest BCUT2D eigenvalue weighted by Crippen LogP contribution is 2.51. The maximum absolute atomic E-state index is 13.8. The lowest BCUT2D eigenvalue weighted by Crippen LogP contribution is -2.49. The van der Waals surface area contributed by atoms with E-state index in [9.17, 15) is 27.6 Å². The van der Waals surface area contributed by atoms with E-state index in [2.05, 4.69) is 0 Å². The minimum absolute atomic E-state index is 0.0236. The molecule has 2 aromatic carbocycles. The summed E-state index contributed by atoms with van der Waals surface area (Å²) in [6.07, 6.45) is -4.01. The molecule has 10 heteroatoms. The van der Waals surface area contributed by atoms with E-state index >= 15 is 0 Å². The Balaban J connectivity index is 1.26. The number of alkyl halides is 3. The van der Waals surface area contributed by atoms with Crippen LogP contribution in [0.25, 0.3) is 0 Å². The van der Waals surface area contributed by atoms with Crippen molar-refractivity contribution in [3.63, 3.8) is 0 Å². The summed E-state index contributed by atoms with van der Waals surface area (Å²) < 4.78 is 51.1. The summed E-state index contributed by atoms with van der Waals surface area (Å²) >= 11 is 0. The van der Waals surface area contributed by atoms with Gasteiger partial charge >= 0.3 is 6.18 Å². The summed E-state index contributed by atoms with van der Waals surface area (Å²) in [5, 5.41) is 0. The van der Waals surface area contributed by atoms with Crippen LogP contribution in [0.4, 0.5) is 13.2 Å². The summed E-state index contributed by atoms with van der Waals surface area (Å²) in [4.78, 5) is 42.4. The number of benzene rings is 2. The molecule has 2 fully saturated rings. The zero-order valence-corrected chi connectivity index (χ0v) is 18.5. The molecule has 0 aromatic heterocycles. The van der Waals surface area contributed by atoms with E-state index in [-0.39, 0.29) is 43.0 Å². The van der Waals surface area contributed by atoms with Crippen molar-refractivity contribution in [3.8, 4) is 5.75 Å². The number of nitrogens with zero attached hydrogens (tertiary/aromatic N) is 2. The first-order chi connectivity index (χ1) is 16.7. The second-order valence-electron chi connectivity index (χ2n) is 9.48. The summed E-state index contributed by atoms with van der Waals surface area (Å²) in [5.74, 6) is -0.738. The molecule has 2 aromatic rings. The third-order valence-electron chi connectivity index (χ3n) is 7.60. The van der Waals surface area contributed by atoms with Crippen molar-refractivity contribution in [1.29, 1.82) is 0 Å². The molecule has 3 amide bonds. The summed E-state index contributed by atoms with van der Waals surface area (Å²) in [5.41, 5.74) is -0.806. The number of ether oxygens (including phenoxy) is 2. The first kappa shape index (κ1) is 22.1. The molecule has 0 N–H and O–H groups in total. The zero-order chi connectivity index (χ0) is 24.5. The van der Waals surface area contributed by atoms with Gasteiger partial charge in [0.05, 0.1) is 34.8 Å². The van der Waals surface area contributed by atoms with E-state index in [1.807, 2.05) is 0 Å². The number of carbonyl (C=O) groups is 3. The highest BCUT2D eigenvalue weighted by atomic mass is 19.4. The van der Waals surface area contributed by atoms with Gasteiger partial charge in [0, 0.05) is 18.2 Å². The number of halogens is 3. The smallest absolute Gasteiger partial charge is 0.416 e. The van der Waals surface area contributed by atoms with Gasteiger partial charge in [-0.05, 0) is 49.6 Å². The molecule has 0 radical (unpaired) electrons. The number of amides is 3. The van der Waals surface area contributed by atoms with E-state index in [4.69, 9.17) is 9.47 Å². The molecule has 1 saturated carbocycles. The Bertz CT molecular complexity index is 1230. The SMILES string of the molecule is O=C1c2ccccc2C(=O)N1C1CC2OCCC2(C(=O)N2COc3ccc(C(F)(F)F)cc3C2)C1. The quantitative estimate of drug-likeness (QED) is 0.607. The number of hydrogen-bond donors (Lipinski definition) is 0. The van der Waals surface area contributed by atoms with Crippen LogP contribution in [0.2, 0.25) is 0 Å². The van der Waals surface area contributed by atoms with Crippen LogP contribution in [0, 0.1) is 5.41 Å². The molecule has 3 unspecified atom stereocenters. The highest BCUT2D eigenvalue weighted by Gasteiger charge is 2.60. The summed E-state index contributed by atoms with van der Waals surface area (Å²) in [6, 6.07) is 9.35. The number of imide groups is 1. The molecule has 4 aliphatic rings. The standard InChI is InChI=1S/C25H21F3N2O5/c26-25(27,28)15-5-6-19-14(9-15)12-29(13-35-19)23(33)24-7-8-34-20(24)10-16(11-24)30-21(31)17-3-1-2-4-18(17)22(30)32/h1-6,9,16,20H,7-8,10-13H2. The van der Waals surface area contributed by atoms with Gasteiger partial charge in [-0.3, -0.25) is 19.3 Å². The van der Waals surface area contributed by atoms with E-state index in [1.165, 1.54) is 15.9 Å². The molecule has 0 bridgehead atoms. The molecule has 1 saturated heterocycles. The Labute approximate surface area is 198 Å². The van der Waals surface area contributed by atoms with Gasteiger partial charge in [0.1, 0.15) is 5.75 Å². The fraction of sp³-hybridized carbons (Fsp3) is 0.400. The van der Waals surface area contributed by atoms with Gasteiger partial charge < -0.3 is 14.4 Å². The average Bonchev–Trinajstić information content (AvgIpc) is 3.47. The molecule has 1 aliphatic carbocycles.